The van der Waals surface area contributed by atoms with Gasteiger partial charge in [0.2, 0.25) is 0 Å². The fourth-order valence-electron chi connectivity index (χ4n) is 0.247. The molecular formula is CH3B4O2S3-. The number of hydrogen-bond donors (Lipinski definition) is 0. The van der Waals surface area contributed by atoms with Gasteiger partial charge in [-0.3, -0.25) is 0 Å². The Bertz CT molecular complexity index is 189. The van der Waals surface area contributed by atoms with Crippen molar-refractivity contribution in [1.82, 2.24) is 0 Å². The van der Waals surface area contributed by atoms with E-state index in [0.29, 0.717) is 0 Å². The summed E-state index contributed by atoms with van der Waals surface area (Å²) in [6.07, 6.45) is 0. The van der Waals surface area contributed by atoms with Gasteiger partial charge >= 0.3 is 73.9 Å². The Hall–Kier alpha value is 0.650. The molecule has 0 N–H and O–H groups in total. The fourth-order valence-corrected chi connectivity index (χ4v) is 0.674. The monoisotopic (exact) mass is 187 g/mol. The van der Waals surface area contributed by atoms with Gasteiger partial charge in [-0.15, -0.1) is 0 Å². The fraction of sp³-hybridized carbons (Fsp3) is 1.00. The van der Waals surface area contributed by atoms with Crippen molar-refractivity contribution in [3.8, 4) is 0 Å². The van der Waals surface area contributed by atoms with E-state index in [4.69, 9.17) is 4.10 Å². The standard InChI is InChI=1S/CH3B4O2S3/c1-6-4-2-3-5-7-10(8)9/h1H3/q-1. The van der Waals surface area contributed by atoms with E-state index in [9.17, 15) is 0 Å². The summed E-state index contributed by atoms with van der Waals surface area (Å²) in [4.78, 5) is 0. The second-order valence-corrected chi connectivity index (χ2v) is 4.24. The first-order chi connectivity index (χ1) is 4.77. The number of hydrogen-bond acceptors (Lipinski definition) is 5. The van der Waals surface area contributed by atoms with Gasteiger partial charge < -0.3 is 0 Å². The molecule has 50 valence electrons. The van der Waals surface area contributed by atoms with Crippen LogP contribution in [0.15, 0.2) is 0 Å². The molecule has 0 aromatic carbocycles. The molecule has 0 aliphatic rings. The van der Waals surface area contributed by atoms with Crippen molar-refractivity contribution >= 4 is 58.1 Å². The summed E-state index contributed by atoms with van der Waals surface area (Å²) in [7, 11) is 3.71. The average molecular weight is 186 g/mol. The molecule has 0 unspecified atom stereocenters. The minimum absolute atomic E-state index is 0.816. The molecule has 0 radical (unpaired) electrons. The normalized spacial score (nSPS) is 8.20. The van der Waals surface area contributed by atoms with Crippen LogP contribution in [0.2, 0.25) is 0 Å². The summed E-state index contributed by atoms with van der Waals surface area (Å²) in [5.41, 5.74) is 0. The third-order valence-corrected chi connectivity index (χ3v) is 1.28. The summed E-state index contributed by atoms with van der Waals surface area (Å²) in [6.45, 7) is 3.33. The van der Waals surface area contributed by atoms with Crippen molar-refractivity contribution in [1.29, 1.82) is 0 Å². The molecule has 0 spiro atoms. The van der Waals surface area contributed by atoms with Gasteiger partial charge in [-0.2, -0.15) is 0 Å². The Morgan fingerprint density at radius 2 is 1.80 bits per heavy atom. The van der Waals surface area contributed by atoms with E-state index in [-0.39, 0.29) is 0 Å². The summed E-state index contributed by atoms with van der Waals surface area (Å²) in [5, 5.41) is 0. The zero-order valence-electron chi connectivity index (χ0n) is 5.35. The van der Waals surface area contributed by atoms with Gasteiger partial charge in [0.15, 0.2) is 0 Å². The van der Waals surface area contributed by atoms with Gasteiger partial charge in [-0.05, 0) is 0 Å². The van der Waals surface area contributed by atoms with E-state index < -0.39 is 8.29 Å². The van der Waals surface area contributed by atoms with Crippen LogP contribution in [0, 0.1) is 0 Å². The molecule has 0 fully saturated rings. The van der Waals surface area contributed by atoms with Crippen LogP contribution in [-0.2, 0) is 39.4 Å². The molecule has 0 amide bonds. The molecule has 0 bridgehead atoms. The van der Waals surface area contributed by atoms with Crippen LogP contribution < -0.4 is 0 Å². The molecule has 0 heterocycles. The Balaban J connectivity index is 3.47. The maximum absolute atomic E-state index is 4.76. The number of rotatable bonds is 4. The van der Waals surface area contributed by atoms with E-state index in [1.54, 1.807) is 20.5 Å². The van der Waals surface area contributed by atoms with E-state index in [1.165, 1.54) is 14.0 Å². The van der Waals surface area contributed by atoms with Crippen LogP contribution in [0.3, 0.4) is 0 Å². The molecule has 0 rings (SSSR count). The Labute approximate surface area is 74.0 Å². The molecule has 9 heteroatoms. The quantitative estimate of drug-likeness (QED) is 0.393. The van der Waals surface area contributed by atoms with Gasteiger partial charge in [0.05, 0.1) is 0 Å². The van der Waals surface area contributed by atoms with Crippen molar-refractivity contribution in [3.63, 3.8) is 0 Å². The average Bonchev–Trinajstić information content (AvgIpc) is 1.87. The Kier molecular flexibility index (Phi) is 8.26. The first-order valence-corrected chi connectivity index (χ1v) is 5.38. The Morgan fingerprint density at radius 1 is 1.20 bits per heavy atom. The maximum atomic E-state index is 4.76. The zero-order chi connectivity index (χ0) is 7.82. The third-order valence-electron chi connectivity index (χ3n) is 0.538. The first kappa shape index (κ1) is 10.6. The van der Waals surface area contributed by atoms with E-state index >= 15 is 0 Å². The molecule has 0 aromatic rings. The zero-order valence-corrected chi connectivity index (χ0v) is 7.80. The van der Waals surface area contributed by atoms with Crippen LogP contribution in [0.1, 0.15) is 0 Å². The molecule has 2 nitrogen and oxygen atoms in total. The van der Waals surface area contributed by atoms with Gasteiger partial charge in [0.25, 0.3) is 0 Å². The van der Waals surface area contributed by atoms with Crippen molar-refractivity contribution in [2.75, 3.05) is 7.11 Å². The molecule has 0 saturated carbocycles. The van der Waals surface area contributed by atoms with E-state index in [0.717, 1.165) is 0 Å². The van der Waals surface area contributed by atoms with Gasteiger partial charge in [-0.1, -0.05) is 0 Å². The van der Waals surface area contributed by atoms with Crippen LogP contribution in [-0.4, -0.2) is 34.5 Å². The van der Waals surface area contributed by atoms with Crippen molar-refractivity contribution in [2.24, 2.45) is 0 Å². The summed E-state index contributed by atoms with van der Waals surface area (Å²) in [6, 6.07) is 0. The van der Waals surface area contributed by atoms with Crippen LogP contribution in [0.5, 0.6) is 0 Å². The summed E-state index contributed by atoms with van der Waals surface area (Å²) >= 11 is 9.14. The molecule has 0 atom stereocenters. The van der Waals surface area contributed by atoms with E-state index in [2.05, 4.69) is 27.0 Å². The predicted octanol–water partition coefficient (Wildman–Crippen LogP) is -1.50. The first-order valence-electron chi connectivity index (χ1n) is 2.38. The topological polar surface area (TPSA) is 18.5 Å². The molecule has 0 aromatic heterocycles. The third kappa shape index (κ3) is 8.65. The molecule has 0 saturated heterocycles. The Morgan fingerprint density at radius 3 is 2.30 bits per heavy atom. The van der Waals surface area contributed by atoms with Crippen LogP contribution in [0.4, 0.5) is 0 Å². The second kappa shape index (κ2) is 7.75. The molecule has 10 heavy (non-hydrogen) atoms. The van der Waals surface area contributed by atoms with Crippen LogP contribution >= 0.6 is 0 Å². The predicted molar refractivity (Wildman–Crippen MR) is 53.2 cm³/mol. The van der Waals surface area contributed by atoms with Crippen LogP contribution in [0.25, 0.3) is 0 Å². The summed E-state index contributed by atoms with van der Waals surface area (Å²) in [5.74, 6) is 0. The molecule has 0 aliphatic carbocycles. The SMILES string of the molecule is COB=BB=BO[S-](=S)=S. The second-order valence-electron chi connectivity index (χ2n) is 1.19. The molecular weight excluding hydrogens is 183 g/mol. The van der Waals surface area contributed by atoms with Crippen molar-refractivity contribution < 1.29 is 8.75 Å². The van der Waals surface area contributed by atoms with Crippen molar-refractivity contribution in [3.05, 3.63) is 0 Å². The minimum atomic E-state index is -0.816. The molecule has 0 aliphatic heterocycles. The van der Waals surface area contributed by atoms with Gasteiger partial charge in [0, 0.05) is 0 Å². The van der Waals surface area contributed by atoms with Gasteiger partial charge in [0.1, 0.15) is 0 Å². The van der Waals surface area contributed by atoms with Crippen molar-refractivity contribution in [2.45, 2.75) is 0 Å². The summed E-state index contributed by atoms with van der Waals surface area (Å²) < 4.78 is 9.37. The van der Waals surface area contributed by atoms with E-state index in [1.807, 2.05) is 0 Å². The van der Waals surface area contributed by atoms with Gasteiger partial charge in [-0.25, -0.2) is 0 Å².